The minimum absolute atomic E-state index is 0.00558. The molecule has 0 aliphatic carbocycles. The fourth-order valence-corrected chi connectivity index (χ4v) is 3.87. The number of urea groups is 1. The van der Waals surface area contributed by atoms with Gasteiger partial charge in [-0.15, -0.1) is 0 Å². The molecule has 0 radical (unpaired) electrons. The van der Waals surface area contributed by atoms with Crippen molar-refractivity contribution in [3.63, 3.8) is 0 Å². The zero-order chi connectivity index (χ0) is 25.5. The van der Waals surface area contributed by atoms with Crippen LogP contribution in [0.3, 0.4) is 0 Å². The van der Waals surface area contributed by atoms with Gasteiger partial charge in [0.15, 0.2) is 0 Å². The summed E-state index contributed by atoms with van der Waals surface area (Å²) in [4.78, 5) is 34.9. The maximum atomic E-state index is 12.2. The third-order valence-electron chi connectivity index (χ3n) is 5.69. The van der Waals surface area contributed by atoms with Crippen LogP contribution >= 0.6 is 0 Å². The van der Waals surface area contributed by atoms with Gasteiger partial charge in [0.25, 0.3) is 0 Å². The number of nitrogens with zero attached hydrogens (tertiary/aromatic N) is 4. The number of amides is 2. The molecule has 35 heavy (non-hydrogen) atoms. The fourth-order valence-electron chi connectivity index (χ4n) is 3.87. The third kappa shape index (κ3) is 9.42. The molecule has 0 saturated carbocycles. The number of pyridine rings is 2. The average Bonchev–Trinajstić information content (AvgIpc) is 3.08. The van der Waals surface area contributed by atoms with Gasteiger partial charge in [0.2, 0.25) is 5.88 Å². The molecule has 1 saturated heterocycles. The Balaban J connectivity index is 0.000000363. The van der Waals surface area contributed by atoms with Gasteiger partial charge in [0.1, 0.15) is 5.82 Å². The van der Waals surface area contributed by atoms with Crippen molar-refractivity contribution in [3.8, 4) is 5.88 Å². The minimum atomic E-state index is -0.867. The number of carboxylic acid groups (broad SMARTS) is 1. The second-order valence-corrected chi connectivity index (χ2v) is 8.07. The van der Waals surface area contributed by atoms with Crippen molar-refractivity contribution in [2.24, 2.45) is 0 Å². The summed E-state index contributed by atoms with van der Waals surface area (Å²) in [6.45, 7) is 7.26. The molecular weight excluding hydrogens is 446 g/mol. The highest BCUT2D eigenvalue weighted by atomic mass is 16.5. The van der Waals surface area contributed by atoms with Crippen molar-refractivity contribution in [3.05, 3.63) is 47.8 Å². The predicted molar refractivity (Wildman–Crippen MR) is 137 cm³/mol. The summed E-state index contributed by atoms with van der Waals surface area (Å²) >= 11 is 0. The molecule has 2 amide bonds. The van der Waals surface area contributed by atoms with Gasteiger partial charge in [-0.1, -0.05) is 26.0 Å². The zero-order valence-electron chi connectivity index (χ0n) is 21.2. The van der Waals surface area contributed by atoms with E-state index in [1.807, 2.05) is 30.9 Å². The quantitative estimate of drug-likeness (QED) is 0.580. The molecule has 0 atom stereocenters. The summed E-state index contributed by atoms with van der Waals surface area (Å²) in [6.07, 6.45) is 6.88. The van der Waals surface area contributed by atoms with Gasteiger partial charge < -0.3 is 25.0 Å². The highest BCUT2D eigenvalue weighted by Crippen LogP contribution is 2.20. The first-order valence-electron chi connectivity index (χ1n) is 12.5. The molecule has 9 heteroatoms. The third-order valence-corrected chi connectivity index (χ3v) is 5.69. The Labute approximate surface area is 208 Å². The van der Waals surface area contributed by atoms with E-state index in [2.05, 4.69) is 22.4 Å². The highest BCUT2D eigenvalue weighted by Gasteiger charge is 2.27. The molecule has 0 unspecified atom stereocenters. The lowest BCUT2D eigenvalue weighted by molar-refractivity contribution is -0.137. The van der Waals surface area contributed by atoms with Gasteiger partial charge in [-0.2, -0.15) is 0 Å². The van der Waals surface area contributed by atoms with E-state index in [0.717, 1.165) is 37.3 Å². The highest BCUT2D eigenvalue weighted by molar-refractivity contribution is 5.77. The number of carboxylic acids is 1. The number of aliphatic carboxylic acids is 1. The minimum Gasteiger partial charge on any atom is -0.481 e. The number of hydrogen-bond donors (Lipinski definition) is 2. The summed E-state index contributed by atoms with van der Waals surface area (Å²) < 4.78 is 4.80. The predicted octanol–water partition coefficient (Wildman–Crippen LogP) is 4.09. The molecule has 2 aromatic heterocycles. The zero-order valence-corrected chi connectivity index (χ0v) is 21.2. The van der Waals surface area contributed by atoms with Crippen molar-refractivity contribution >= 4 is 17.8 Å². The number of hydrogen-bond acceptors (Lipinski definition) is 6. The van der Waals surface area contributed by atoms with Crippen LogP contribution in [0.4, 0.5) is 10.6 Å². The molecule has 0 aromatic carbocycles. The van der Waals surface area contributed by atoms with Gasteiger partial charge in [-0.05, 0) is 49.8 Å². The number of nitrogens with one attached hydrogen (secondary N) is 1. The molecule has 2 aromatic rings. The molecule has 4 heterocycles. The van der Waals surface area contributed by atoms with Crippen LogP contribution in [0.5, 0.6) is 5.88 Å². The van der Waals surface area contributed by atoms with Crippen LogP contribution in [0.15, 0.2) is 36.5 Å². The van der Waals surface area contributed by atoms with E-state index in [1.165, 1.54) is 18.4 Å². The number of ether oxygens (including phenoxy) is 1. The first kappa shape index (κ1) is 27.9. The summed E-state index contributed by atoms with van der Waals surface area (Å²) in [5, 5.41) is 12.1. The first-order valence-corrected chi connectivity index (χ1v) is 12.5. The monoisotopic (exact) mass is 485 g/mol. The van der Waals surface area contributed by atoms with Gasteiger partial charge in [0.05, 0.1) is 13.5 Å². The number of methoxy groups -OCH3 is 1. The number of carbonyl (C=O) groups excluding carboxylic acids is 1. The largest absolute Gasteiger partial charge is 0.481 e. The van der Waals surface area contributed by atoms with E-state index in [9.17, 15) is 9.59 Å². The molecule has 2 N–H and O–H groups in total. The van der Waals surface area contributed by atoms with E-state index in [0.29, 0.717) is 32.1 Å². The molecule has 1 fully saturated rings. The molecule has 9 nitrogen and oxygen atoms in total. The van der Waals surface area contributed by atoms with Gasteiger partial charge in [0, 0.05) is 50.7 Å². The number of anilines is 1. The van der Waals surface area contributed by atoms with E-state index in [-0.39, 0.29) is 12.5 Å². The van der Waals surface area contributed by atoms with Crippen molar-refractivity contribution in [1.82, 2.24) is 19.8 Å². The lowest BCUT2D eigenvalue weighted by Crippen LogP contribution is -2.33. The molecule has 2 aliphatic rings. The standard InChI is InChI=1S/C18H26N4O3.C6H7NO.C2H6/c23-16(24)8-11-22-13-12-21(18(22)25)10-3-5-15-7-6-14-4-1-2-9-19-17(14)20-15;1-8-6-4-2-3-5-7-6;1-2/h6-7H,1-5,8-13H2,(H,19,20)(H,23,24);2-5H,1H3;1-2H3. The summed E-state index contributed by atoms with van der Waals surface area (Å²) in [7, 11) is 1.60. The SMILES string of the molecule is CC.COc1ccccn1.O=C(O)CCN1CCN(CCCc2ccc3c(n2)NCCCC3)C1=O. The van der Waals surface area contributed by atoms with Crippen LogP contribution in [0.2, 0.25) is 0 Å². The number of rotatable bonds is 8. The van der Waals surface area contributed by atoms with Crippen LogP contribution in [0.1, 0.15) is 50.8 Å². The van der Waals surface area contributed by atoms with E-state index < -0.39 is 5.97 Å². The number of carbonyl (C=O) groups is 2. The Bertz CT molecular complexity index is 910. The Kier molecular flexibility index (Phi) is 12.4. The molecule has 0 spiro atoms. The number of fused-ring (bicyclic) bond motifs is 1. The first-order chi connectivity index (χ1) is 17.1. The maximum Gasteiger partial charge on any atom is 0.320 e. The smallest absolute Gasteiger partial charge is 0.320 e. The number of aryl methyl sites for hydroxylation is 2. The Morgan fingerprint density at radius 2 is 1.89 bits per heavy atom. The van der Waals surface area contributed by atoms with Crippen LogP contribution in [0, 0.1) is 0 Å². The summed E-state index contributed by atoms with van der Waals surface area (Å²) in [6, 6.07) is 9.76. The second-order valence-electron chi connectivity index (χ2n) is 8.07. The van der Waals surface area contributed by atoms with Crippen LogP contribution < -0.4 is 10.1 Å². The van der Waals surface area contributed by atoms with Gasteiger partial charge in [-0.3, -0.25) is 4.79 Å². The van der Waals surface area contributed by atoms with Crippen molar-refractivity contribution in [2.45, 2.75) is 52.4 Å². The lowest BCUT2D eigenvalue weighted by atomic mass is 10.1. The Morgan fingerprint density at radius 3 is 2.54 bits per heavy atom. The van der Waals surface area contributed by atoms with Gasteiger partial charge >= 0.3 is 12.0 Å². The number of aromatic nitrogens is 2. The molecule has 0 bridgehead atoms. The van der Waals surface area contributed by atoms with Crippen molar-refractivity contribution in [1.29, 1.82) is 0 Å². The van der Waals surface area contributed by atoms with Crippen molar-refractivity contribution in [2.75, 3.05) is 45.2 Å². The lowest BCUT2D eigenvalue weighted by Gasteiger charge is -2.18. The fraction of sp³-hybridized carbons (Fsp3) is 0.538. The van der Waals surface area contributed by atoms with Gasteiger partial charge in [-0.25, -0.2) is 14.8 Å². The Morgan fingerprint density at radius 1 is 1.11 bits per heavy atom. The topological polar surface area (TPSA) is 108 Å². The average molecular weight is 486 g/mol. The van der Waals surface area contributed by atoms with E-state index in [4.69, 9.17) is 14.8 Å². The van der Waals surface area contributed by atoms with Crippen molar-refractivity contribution < 1.29 is 19.4 Å². The van der Waals surface area contributed by atoms with Crippen LogP contribution in [-0.2, 0) is 17.6 Å². The molecular formula is C26H39N5O4. The summed E-state index contributed by atoms with van der Waals surface area (Å²) in [5.41, 5.74) is 2.35. The summed E-state index contributed by atoms with van der Waals surface area (Å²) in [5.74, 6) is 0.814. The normalized spacial score (nSPS) is 14.4. The van der Waals surface area contributed by atoms with Crippen LogP contribution in [0.25, 0.3) is 0 Å². The second kappa shape index (κ2) is 15.5. The van der Waals surface area contributed by atoms with E-state index in [1.54, 1.807) is 24.3 Å². The molecule has 4 rings (SSSR count). The maximum absolute atomic E-state index is 12.2. The van der Waals surface area contributed by atoms with Crippen LogP contribution in [-0.4, -0.2) is 76.7 Å². The molecule has 192 valence electrons. The Hall–Kier alpha value is -3.36. The van der Waals surface area contributed by atoms with E-state index >= 15 is 0 Å². The molecule has 2 aliphatic heterocycles.